The van der Waals surface area contributed by atoms with Crippen molar-refractivity contribution < 1.29 is 4.79 Å². The summed E-state index contributed by atoms with van der Waals surface area (Å²) in [6.45, 7) is 0. The largest absolute Gasteiger partial charge is 0.349 e. The van der Waals surface area contributed by atoms with Crippen LogP contribution in [0.4, 0.5) is 0 Å². The summed E-state index contributed by atoms with van der Waals surface area (Å²) in [5.74, 6) is -0.0116. The van der Waals surface area contributed by atoms with Crippen molar-refractivity contribution in [1.29, 1.82) is 0 Å². The number of carbonyl (C=O) groups excluding carboxylic acids is 1. The van der Waals surface area contributed by atoms with Crippen LogP contribution in [0.2, 0.25) is 0 Å². The molecule has 0 unspecified atom stereocenters. The van der Waals surface area contributed by atoms with E-state index < -0.39 is 0 Å². The fourth-order valence-corrected chi connectivity index (χ4v) is 3.47. The highest BCUT2D eigenvalue weighted by Crippen LogP contribution is 2.20. The first-order valence-corrected chi connectivity index (χ1v) is 8.80. The minimum Gasteiger partial charge on any atom is -0.349 e. The molecule has 5 nitrogen and oxygen atoms in total. The van der Waals surface area contributed by atoms with Crippen molar-refractivity contribution in [3.63, 3.8) is 0 Å². The molecule has 1 aromatic heterocycles. The van der Waals surface area contributed by atoms with Crippen LogP contribution in [0.3, 0.4) is 0 Å². The highest BCUT2D eigenvalue weighted by atomic mass is 35.5. The number of hydrogen-bond acceptors (Lipinski definition) is 3. The lowest BCUT2D eigenvalue weighted by molar-refractivity contribution is 0.0926. The minimum absolute atomic E-state index is 0. The molecule has 7 heteroatoms. The maximum absolute atomic E-state index is 12.4. The molecule has 3 N–H and O–H groups in total. The van der Waals surface area contributed by atoms with E-state index in [4.69, 9.17) is 5.73 Å². The van der Waals surface area contributed by atoms with Gasteiger partial charge >= 0.3 is 0 Å². The lowest BCUT2D eigenvalue weighted by atomic mass is 9.91. The number of aromatic nitrogens is 2. The summed E-state index contributed by atoms with van der Waals surface area (Å²) in [6.07, 6.45) is 5.71. The smallest absolute Gasteiger partial charge is 0.251 e. The minimum atomic E-state index is -0.0116. The standard InChI is InChI=1S/C20H22N4O.2ClH/c21-15-7-9-16(10-8-15)23-20(25)14-5-11-17(12-6-14)24-13-22-18-3-1-2-4-19(18)24;;/h1-6,11-13,15-16H,7-10,21H2,(H,23,25);2*1H. The molecule has 1 fully saturated rings. The van der Waals surface area contributed by atoms with E-state index in [-0.39, 0.29) is 42.8 Å². The van der Waals surface area contributed by atoms with E-state index in [0.29, 0.717) is 5.56 Å². The molecule has 144 valence electrons. The number of hydrogen-bond donors (Lipinski definition) is 2. The number of imidazole rings is 1. The molecule has 1 heterocycles. The number of benzene rings is 2. The first-order valence-electron chi connectivity index (χ1n) is 8.80. The number of para-hydroxylation sites is 2. The average molecular weight is 407 g/mol. The summed E-state index contributed by atoms with van der Waals surface area (Å²) in [5, 5.41) is 3.13. The monoisotopic (exact) mass is 406 g/mol. The Morgan fingerprint density at radius 2 is 1.67 bits per heavy atom. The Hall–Kier alpha value is -2.08. The molecule has 27 heavy (non-hydrogen) atoms. The van der Waals surface area contributed by atoms with Gasteiger partial charge in [0.05, 0.1) is 11.0 Å². The van der Waals surface area contributed by atoms with Gasteiger partial charge in [-0.2, -0.15) is 0 Å². The van der Waals surface area contributed by atoms with Crippen LogP contribution >= 0.6 is 24.8 Å². The van der Waals surface area contributed by atoms with E-state index in [0.717, 1.165) is 42.4 Å². The van der Waals surface area contributed by atoms with Gasteiger partial charge in [-0.1, -0.05) is 12.1 Å². The van der Waals surface area contributed by atoms with Crippen molar-refractivity contribution >= 4 is 41.8 Å². The highest BCUT2D eigenvalue weighted by molar-refractivity contribution is 5.94. The van der Waals surface area contributed by atoms with Crippen molar-refractivity contribution in [1.82, 2.24) is 14.9 Å². The van der Waals surface area contributed by atoms with Crippen molar-refractivity contribution in [2.45, 2.75) is 37.8 Å². The molecule has 2 aromatic carbocycles. The molecule has 0 bridgehead atoms. The molecule has 3 aromatic rings. The zero-order valence-electron chi connectivity index (χ0n) is 14.9. The molecule has 1 amide bonds. The van der Waals surface area contributed by atoms with Crippen LogP contribution < -0.4 is 11.1 Å². The summed E-state index contributed by atoms with van der Waals surface area (Å²) < 4.78 is 2.03. The van der Waals surface area contributed by atoms with Crippen LogP contribution in [0.1, 0.15) is 36.0 Å². The molecule has 0 radical (unpaired) electrons. The number of rotatable bonds is 3. The predicted molar refractivity (Wildman–Crippen MR) is 113 cm³/mol. The summed E-state index contributed by atoms with van der Waals surface area (Å²) in [4.78, 5) is 16.9. The Bertz CT molecular complexity index is 886. The van der Waals surface area contributed by atoms with Gasteiger partial charge in [0.15, 0.2) is 0 Å². The normalized spacial score (nSPS) is 19.0. The second-order valence-electron chi connectivity index (χ2n) is 6.74. The number of nitrogens with two attached hydrogens (primary N) is 1. The zero-order chi connectivity index (χ0) is 17.2. The number of nitrogens with one attached hydrogen (secondary N) is 1. The third kappa shape index (κ3) is 4.61. The zero-order valence-corrected chi connectivity index (χ0v) is 16.5. The van der Waals surface area contributed by atoms with Gasteiger partial charge in [-0.25, -0.2) is 4.98 Å². The molecule has 0 aliphatic heterocycles. The second-order valence-corrected chi connectivity index (χ2v) is 6.74. The van der Waals surface area contributed by atoms with E-state index in [1.54, 1.807) is 0 Å². The molecule has 1 aliphatic rings. The van der Waals surface area contributed by atoms with Crippen molar-refractivity contribution in [2.75, 3.05) is 0 Å². The maximum atomic E-state index is 12.4. The van der Waals surface area contributed by atoms with E-state index in [9.17, 15) is 4.79 Å². The van der Waals surface area contributed by atoms with Gasteiger partial charge in [0, 0.05) is 23.3 Å². The third-order valence-corrected chi connectivity index (χ3v) is 4.97. The van der Waals surface area contributed by atoms with Crippen LogP contribution in [0.25, 0.3) is 16.7 Å². The second kappa shape index (κ2) is 9.22. The van der Waals surface area contributed by atoms with Crippen molar-refractivity contribution in [2.24, 2.45) is 5.73 Å². The lowest BCUT2D eigenvalue weighted by Gasteiger charge is -2.26. The number of fused-ring (bicyclic) bond motifs is 1. The third-order valence-electron chi connectivity index (χ3n) is 4.97. The molecular formula is C20H24Cl2N4O. The van der Waals surface area contributed by atoms with Crippen molar-refractivity contribution in [3.05, 3.63) is 60.4 Å². The van der Waals surface area contributed by atoms with Gasteiger partial charge in [-0.3, -0.25) is 9.36 Å². The SMILES string of the molecule is Cl.Cl.NC1CCC(NC(=O)c2ccc(-n3cnc4ccccc43)cc2)CC1. The van der Waals surface area contributed by atoms with E-state index >= 15 is 0 Å². The number of halogens is 2. The van der Waals surface area contributed by atoms with E-state index in [2.05, 4.69) is 10.3 Å². The highest BCUT2D eigenvalue weighted by Gasteiger charge is 2.20. The van der Waals surface area contributed by atoms with Gasteiger partial charge in [-0.15, -0.1) is 24.8 Å². The number of nitrogens with zero attached hydrogens (tertiary/aromatic N) is 2. The molecule has 0 saturated heterocycles. The van der Waals surface area contributed by atoms with E-state index in [1.807, 2.05) is 59.4 Å². The van der Waals surface area contributed by atoms with Crippen LogP contribution in [0.15, 0.2) is 54.9 Å². The van der Waals surface area contributed by atoms with Gasteiger partial charge < -0.3 is 11.1 Å². The molecule has 1 saturated carbocycles. The quantitative estimate of drug-likeness (QED) is 0.692. The fourth-order valence-electron chi connectivity index (χ4n) is 3.47. The predicted octanol–water partition coefficient (Wildman–Crippen LogP) is 3.87. The Labute approximate surface area is 171 Å². The fraction of sp³-hybridized carbons (Fsp3) is 0.300. The topological polar surface area (TPSA) is 72.9 Å². The number of amides is 1. The van der Waals surface area contributed by atoms with Gasteiger partial charge in [0.25, 0.3) is 5.91 Å². The Morgan fingerprint density at radius 3 is 2.37 bits per heavy atom. The van der Waals surface area contributed by atoms with Crippen LogP contribution in [0.5, 0.6) is 0 Å². The summed E-state index contributed by atoms with van der Waals surface area (Å²) in [6, 6.07) is 16.2. The number of carbonyl (C=O) groups is 1. The van der Waals surface area contributed by atoms with E-state index in [1.165, 1.54) is 0 Å². The molecule has 4 rings (SSSR count). The van der Waals surface area contributed by atoms with Gasteiger partial charge in [-0.05, 0) is 62.1 Å². The molecule has 1 aliphatic carbocycles. The molecular weight excluding hydrogens is 383 g/mol. The van der Waals surface area contributed by atoms with Crippen LogP contribution in [0, 0.1) is 0 Å². The van der Waals surface area contributed by atoms with Gasteiger partial charge in [0.2, 0.25) is 0 Å². The van der Waals surface area contributed by atoms with Crippen LogP contribution in [-0.4, -0.2) is 27.5 Å². The summed E-state index contributed by atoms with van der Waals surface area (Å²) >= 11 is 0. The average Bonchev–Trinajstić information content (AvgIpc) is 3.08. The van der Waals surface area contributed by atoms with Crippen molar-refractivity contribution in [3.8, 4) is 5.69 Å². The van der Waals surface area contributed by atoms with Gasteiger partial charge in [0.1, 0.15) is 6.33 Å². The van der Waals surface area contributed by atoms with Crippen LogP contribution in [-0.2, 0) is 0 Å². The molecule has 0 atom stereocenters. The first-order chi connectivity index (χ1) is 12.2. The maximum Gasteiger partial charge on any atom is 0.251 e. The Balaban J connectivity index is 0.00000131. The lowest BCUT2D eigenvalue weighted by Crippen LogP contribution is -2.40. The Kier molecular flexibility index (Phi) is 7.25. The molecule has 0 spiro atoms. The first kappa shape index (κ1) is 21.2. The Morgan fingerprint density at radius 1 is 1.00 bits per heavy atom. The summed E-state index contributed by atoms with van der Waals surface area (Å²) in [7, 11) is 0. The summed E-state index contributed by atoms with van der Waals surface area (Å²) in [5.41, 5.74) is 9.61.